The van der Waals surface area contributed by atoms with Crippen molar-refractivity contribution in [3.63, 3.8) is 0 Å². The summed E-state index contributed by atoms with van der Waals surface area (Å²) in [6.07, 6.45) is 1.49. The van der Waals surface area contributed by atoms with E-state index in [1.807, 2.05) is 0 Å². The summed E-state index contributed by atoms with van der Waals surface area (Å²) in [5.41, 5.74) is 0.524. The molecule has 0 bridgehead atoms. The predicted octanol–water partition coefficient (Wildman–Crippen LogP) is 2.29. The number of hydrogen-bond donors (Lipinski definition) is 0. The van der Waals surface area contributed by atoms with Gasteiger partial charge in [-0.15, -0.1) is 11.6 Å². The van der Waals surface area contributed by atoms with Gasteiger partial charge in [0.1, 0.15) is 0 Å². The van der Waals surface area contributed by atoms with Crippen LogP contribution in [0.3, 0.4) is 0 Å². The summed E-state index contributed by atoms with van der Waals surface area (Å²) in [4.78, 5) is 16.0. The second-order valence-electron chi connectivity index (χ2n) is 3.09. The van der Waals surface area contributed by atoms with E-state index in [0.29, 0.717) is 28.4 Å². The lowest BCUT2D eigenvalue weighted by atomic mass is 10.2. The molecule has 0 radical (unpaired) electrons. The summed E-state index contributed by atoms with van der Waals surface area (Å²) in [6.45, 7) is 0.464. The van der Waals surface area contributed by atoms with Gasteiger partial charge in [-0.2, -0.15) is 0 Å². The van der Waals surface area contributed by atoms with E-state index < -0.39 is 0 Å². The lowest BCUT2D eigenvalue weighted by Crippen LogP contribution is -2.21. The molecule has 1 aromatic carbocycles. The Labute approximate surface area is 96.3 Å². The van der Waals surface area contributed by atoms with Crippen LogP contribution in [-0.4, -0.2) is 15.4 Å². The Hall–Kier alpha value is -1.06. The molecule has 0 saturated carbocycles. The second kappa shape index (κ2) is 4.21. The van der Waals surface area contributed by atoms with Crippen LogP contribution in [0, 0.1) is 0 Å². The minimum absolute atomic E-state index is 0.0858. The molecule has 0 atom stereocenters. The van der Waals surface area contributed by atoms with Gasteiger partial charge < -0.3 is 0 Å². The molecule has 0 aliphatic rings. The predicted molar refractivity (Wildman–Crippen MR) is 61.7 cm³/mol. The molecule has 0 amide bonds. The molecule has 0 N–H and O–H groups in total. The molecule has 3 nitrogen and oxygen atoms in total. The highest BCUT2D eigenvalue weighted by Crippen LogP contribution is 2.13. The third kappa shape index (κ3) is 1.98. The van der Waals surface area contributed by atoms with Gasteiger partial charge >= 0.3 is 0 Å². The molecule has 0 spiro atoms. The van der Waals surface area contributed by atoms with E-state index >= 15 is 0 Å². The molecular weight excluding hydrogens is 235 g/mol. The van der Waals surface area contributed by atoms with Crippen molar-refractivity contribution in [2.24, 2.45) is 0 Å². The van der Waals surface area contributed by atoms with E-state index in [1.54, 1.807) is 18.2 Å². The highest BCUT2D eigenvalue weighted by Gasteiger charge is 2.03. The Morgan fingerprint density at radius 3 is 2.93 bits per heavy atom. The smallest absolute Gasteiger partial charge is 0.261 e. The normalized spacial score (nSPS) is 10.8. The third-order valence-corrected chi connectivity index (χ3v) is 2.52. The van der Waals surface area contributed by atoms with Crippen LogP contribution in [0.15, 0.2) is 29.3 Å². The number of rotatable bonds is 2. The quantitative estimate of drug-likeness (QED) is 0.758. The van der Waals surface area contributed by atoms with Crippen molar-refractivity contribution in [1.82, 2.24) is 9.55 Å². The van der Waals surface area contributed by atoms with Crippen LogP contribution in [0.5, 0.6) is 0 Å². The number of nitrogens with zero attached hydrogens (tertiary/aromatic N) is 2. The molecule has 1 heterocycles. The summed E-state index contributed by atoms with van der Waals surface area (Å²) in [5, 5.41) is 1.14. The van der Waals surface area contributed by atoms with Crippen molar-refractivity contribution >= 4 is 34.1 Å². The van der Waals surface area contributed by atoms with Gasteiger partial charge in [-0.3, -0.25) is 9.36 Å². The highest BCUT2D eigenvalue weighted by molar-refractivity contribution is 6.31. The Kier molecular flexibility index (Phi) is 2.93. The van der Waals surface area contributed by atoms with Gasteiger partial charge in [-0.25, -0.2) is 4.98 Å². The molecular formula is C10H8Cl2N2O. The minimum atomic E-state index is -0.0858. The maximum Gasteiger partial charge on any atom is 0.261 e. The first-order chi connectivity index (χ1) is 7.22. The maximum atomic E-state index is 11.9. The van der Waals surface area contributed by atoms with Crippen LogP contribution in [-0.2, 0) is 6.54 Å². The van der Waals surface area contributed by atoms with Crippen molar-refractivity contribution in [2.75, 3.05) is 5.88 Å². The standard InChI is InChI=1S/C10H8Cl2N2O/c11-3-4-14-6-13-9-5-7(12)1-2-8(9)10(14)15/h1-2,5-6H,3-4H2. The Bertz CT molecular complexity index is 551. The van der Waals surface area contributed by atoms with Crippen molar-refractivity contribution in [1.29, 1.82) is 0 Å². The molecule has 1 aromatic heterocycles. The van der Waals surface area contributed by atoms with Gasteiger partial charge in [-0.1, -0.05) is 11.6 Å². The van der Waals surface area contributed by atoms with Crippen LogP contribution in [0.4, 0.5) is 0 Å². The minimum Gasteiger partial charge on any atom is -0.298 e. The largest absolute Gasteiger partial charge is 0.298 e. The molecule has 0 aliphatic carbocycles. The lowest BCUT2D eigenvalue weighted by Gasteiger charge is -2.03. The first-order valence-electron chi connectivity index (χ1n) is 4.43. The second-order valence-corrected chi connectivity index (χ2v) is 3.91. The summed E-state index contributed by atoms with van der Waals surface area (Å²) >= 11 is 11.4. The van der Waals surface area contributed by atoms with Crippen molar-refractivity contribution in [3.8, 4) is 0 Å². The van der Waals surface area contributed by atoms with Gasteiger partial charge in [0.15, 0.2) is 0 Å². The van der Waals surface area contributed by atoms with Gasteiger partial charge in [0, 0.05) is 17.4 Å². The van der Waals surface area contributed by atoms with Crippen molar-refractivity contribution in [2.45, 2.75) is 6.54 Å². The van der Waals surface area contributed by atoms with Crippen LogP contribution in [0.2, 0.25) is 5.02 Å². The lowest BCUT2D eigenvalue weighted by molar-refractivity contribution is 0.722. The number of fused-ring (bicyclic) bond motifs is 1. The van der Waals surface area contributed by atoms with E-state index in [9.17, 15) is 4.79 Å². The third-order valence-electron chi connectivity index (χ3n) is 2.11. The number of benzene rings is 1. The first kappa shape index (κ1) is 10.5. The molecule has 5 heteroatoms. The molecule has 0 saturated heterocycles. The number of hydrogen-bond acceptors (Lipinski definition) is 2. The maximum absolute atomic E-state index is 11.9. The average Bonchev–Trinajstić information content (AvgIpc) is 2.22. The zero-order valence-corrected chi connectivity index (χ0v) is 9.29. The molecule has 15 heavy (non-hydrogen) atoms. The van der Waals surface area contributed by atoms with Crippen molar-refractivity contribution in [3.05, 3.63) is 39.9 Å². The van der Waals surface area contributed by atoms with Gasteiger partial charge in [0.05, 0.1) is 17.2 Å². The van der Waals surface area contributed by atoms with Crippen molar-refractivity contribution < 1.29 is 0 Å². The Morgan fingerprint density at radius 2 is 2.20 bits per heavy atom. The monoisotopic (exact) mass is 242 g/mol. The molecule has 2 aromatic rings. The SMILES string of the molecule is O=c1c2ccc(Cl)cc2ncn1CCCl. The summed E-state index contributed by atoms with van der Waals surface area (Å²) < 4.78 is 1.49. The number of aryl methyl sites for hydroxylation is 1. The molecule has 78 valence electrons. The number of halogens is 2. The number of aromatic nitrogens is 2. The molecule has 2 rings (SSSR count). The van der Waals surface area contributed by atoms with Crippen LogP contribution >= 0.6 is 23.2 Å². The van der Waals surface area contributed by atoms with E-state index in [1.165, 1.54) is 10.9 Å². The average molecular weight is 243 g/mol. The Morgan fingerprint density at radius 1 is 1.40 bits per heavy atom. The molecule has 0 unspecified atom stereocenters. The van der Waals surface area contributed by atoms with E-state index in [0.717, 1.165) is 0 Å². The van der Waals surface area contributed by atoms with Gasteiger partial charge in [-0.05, 0) is 18.2 Å². The molecule has 0 fully saturated rings. The van der Waals surface area contributed by atoms with Gasteiger partial charge in [0.2, 0.25) is 0 Å². The number of alkyl halides is 1. The van der Waals surface area contributed by atoms with E-state index in [2.05, 4.69) is 4.98 Å². The highest BCUT2D eigenvalue weighted by atomic mass is 35.5. The van der Waals surface area contributed by atoms with Crippen LogP contribution in [0.25, 0.3) is 10.9 Å². The van der Waals surface area contributed by atoms with E-state index in [4.69, 9.17) is 23.2 Å². The van der Waals surface area contributed by atoms with E-state index in [-0.39, 0.29) is 5.56 Å². The first-order valence-corrected chi connectivity index (χ1v) is 5.34. The molecule has 0 aliphatic heterocycles. The van der Waals surface area contributed by atoms with Crippen LogP contribution in [0.1, 0.15) is 0 Å². The zero-order valence-electron chi connectivity index (χ0n) is 7.78. The van der Waals surface area contributed by atoms with Crippen LogP contribution < -0.4 is 5.56 Å². The summed E-state index contributed by atoms with van der Waals surface area (Å²) in [6, 6.07) is 5.03. The van der Waals surface area contributed by atoms with Gasteiger partial charge in [0.25, 0.3) is 5.56 Å². The Balaban J connectivity index is 2.69. The summed E-state index contributed by atoms with van der Waals surface area (Å²) in [7, 11) is 0. The topological polar surface area (TPSA) is 34.9 Å². The fraction of sp³-hybridized carbons (Fsp3) is 0.200. The fourth-order valence-electron chi connectivity index (χ4n) is 1.38. The zero-order chi connectivity index (χ0) is 10.8. The summed E-state index contributed by atoms with van der Waals surface area (Å²) in [5.74, 6) is 0.390. The fourth-order valence-corrected chi connectivity index (χ4v) is 1.73.